The van der Waals surface area contributed by atoms with Crippen molar-refractivity contribution in [1.82, 2.24) is 9.78 Å². The average Bonchev–Trinajstić information content (AvgIpc) is 3.03. The third-order valence-corrected chi connectivity index (χ3v) is 5.07. The fourth-order valence-electron chi connectivity index (χ4n) is 3.60. The predicted octanol–water partition coefficient (Wildman–Crippen LogP) is 3.81. The molecule has 4 rings (SSSR count). The highest BCUT2D eigenvalue weighted by molar-refractivity contribution is 6.08. The predicted molar refractivity (Wildman–Crippen MR) is 106 cm³/mol. The molecule has 3 aromatic rings. The number of rotatable bonds is 4. The number of amides is 1. The van der Waals surface area contributed by atoms with Crippen LogP contribution in [0.15, 0.2) is 48.5 Å². The van der Waals surface area contributed by atoms with Crippen LogP contribution < -0.4 is 10.1 Å². The molecule has 0 saturated heterocycles. The second kappa shape index (κ2) is 6.96. The highest BCUT2D eigenvalue weighted by Gasteiger charge is 2.36. The van der Waals surface area contributed by atoms with Gasteiger partial charge in [0.25, 0.3) is 0 Å². The number of aromatic nitrogens is 2. The summed E-state index contributed by atoms with van der Waals surface area (Å²) >= 11 is 0. The molecule has 1 aromatic heterocycles. The number of carbonyl (C=O) groups excluding carboxylic acids is 2. The summed E-state index contributed by atoms with van der Waals surface area (Å²) < 4.78 is 6.88. The minimum absolute atomic E-state index is 0.0616. The van der Waals surface area contributed by atoms with Crippen molar-refractivity contribution in [3.8, 4) is 11.4 Å². The maximum Gasteiger partial charge on any atom is 0.226 e. The van der Waals surface area contributed by atoms with Gasteiger partial charge in [-0.3, -0.25) is 9.59 Å². The first-order valence-corrected chi connectivity index (χ1v) is 9.12. The minimum Gasteiger partial charge on any atom is -0.497 e. The van der Waals surface area contributed by atoms with E-state index in [0.717, 1.165) is 28.3 Å². The smallest absolute Gasteiger partial charge is 0.226 e. The Balaban J connectivity index is 1.78. The zero-order valence-corrected chi connectivity index (χ0v) is 16.0. The van der Waals surface area contributed by atoms with Crippen LogP contribution in [0.3, 0.4) is 0 Å². The molecule has 0 spiro atoms. The van der Waals surface area contributed by atoms with E-state index in [4.69, 9.17) is 4.74 Å². The van der Waals surface area contributed by atoms with Crippen molar-refractivity contribution in [3.05, 3.63) is 70.9 Å². The molecular formula is C22H21N3O3. The first kappa shape index (κ1) is 18.0. The first-order chi connectivity index (χ1) is 13.5. The minimum atomic E-state index is -0.543. The molecule has 6 nitrogen and oxygen atoms in total. The Morgan fingerprint density at radius 1 is 1.11 bits per heavy atom. The van der Waals surface area contributed by atoms with E-state index in [1.54, 1.807) is 11.8 Å². The molecule has 28 heavy (non-hydrogen) atoms. The number of methoxy groups -OCH3 is 1. The summed E-state index contributed by atoms with van der Waals surface area (Å²) in [5, 5.41) is 7.50. The number of carbonyl (C=O) groups is 2. The molecule has 1 aliphatic heterocycles. The molecule has 2 aromatic carbocycles. The van der Waals surface area contributed by atoms with Gasteiger partial charge in [0.15, 0.2) is 5.78 Å². The lowest BCUT2D eigenvalue weighted by Crippen LogP contribution is -2.28. The average molecular weight is 375 g/mol. The molecule has 2 heterocycles. The number of ether oxygens (including phenoxy) is 1. The van der Waals surface area contributed by atoms with Gasteiger partial charge in [0.2, 0.25) is 5.91 Å². The molecule has 0 radical (unpaired) electrons. The number of fused-ring (bicyclic) bond motifs is 1. The topological polar surface area (TPSA) is 73.2 Å². The summed E-state index contributed by atoms with van der Waals surface area (Å²) in [6.07, 6.45) is 0.120. The molecule has 1 amide bonds. The van der Waals surface area contributed by atoms with Crippen LogP contribution in [0.5, 0.6) is 5.75 Å². The van der Waals surface area contributed by atoms with E-state index in [0.29, 0.717) is 11.4 Å². The van der Waals surface area contributed by atoms with E-state index in [2.05, 4.69) is 10.4 Å². The third-order valence-electron chi connectivity index (χ3n) is 5.07. The van der Waals surface area contributed by atoms with Gasteiger partial charge in [0, 0.05) is 17.5 Å². The standard InChI is InChI=1S/C22H21N3O3/c1-13-4-6-15(7-5-13)21(27)18-12-19(26)23-22-20(18)14(2)24-25(22)16-8-10-17(28-3)11-9-16/h4-11,18H,12H2,1-3H3,(H,23,26). The van der Waals surface area contributed by atoms with Gasteiger partial charge in [-0.2, -0.15) is 5.10 Å². The van der Waals surface area contributed by atoms with Gasteiger partial charge in [0.05, 0.1) is 24.4 Å². The molecule has 0 bridgehead atoms. The molecule has 1 aliphatic rings. The Kier molecular flexibility index (Phi) is 4.47. The molecule has 1 atom stereocenters. The molecule has 0 saturated carbocycles. The summed E-state index contributed by atoms with van der Waals surface area (Å²) in [5.41, 5.74) is 3.99. The zero-order chi connectivity index (χ0) is 19.8. The Morgan fingerprint density at radius 2 is 1.79 bits per heavy atom. The summed E-state index contributed by atoms with van der Waals surface area (Å²) in [6, 6.07) is 14.8. The van der Waals surface area contributed by atoms with E-state index < -0.39 is 5.92 Å². The third kappa shape index (κ3) is 3.07. The van der Waals surface area contributed by atoms with Crippen LogP contribution in [0.1, 0.15) is 39.5 Å². The Bertz CT molecular complexity index is 1050. The first-order valence-electron chi connectivity index (χ1n) is 9.12. The largest absolute Gasteiger partial charge is 0.497 e. The fraction of sp³-hybridized carbons (Fsp3) is 0.227. The lowest BCUT2D eigenvalue weighted by Gasteiger charge is -2.23. The summed E-state index contributed by atoms with van der Waals surface area (Å²) in [4.78, 5) is 25.6. The molecular weight excluding hydrogens is 354 g/mol. The fourth-order valence-corrected chi connectivity index (χ4v) is 3.60. The number of nitrogens with one attached hydrogen (secondary N) is 1. The van der Waals surface area contributed by atoms with Crippen LogP contribution in [0.25, 0.3) is 5.69 Å². The highest BCUT2D eigenvalue weighted by atomic mass is 16.5. The van der Waals surface area contributed by atoms with Crippen molar-refractivity contribution in [2.45, 2.75) is 26.2 Å². The van der Waals surface area contributed by atoms with Gasteiger partial charge in [0.1, 0.15) is 11.6 Å². The van der Waals surface area contributed by atoms with Crippen LogP contribution in [0, 0.1) is 13.8 Å². The summed E-state index contributed by atoms with van der Waals surface area (Å²) in [6.45, 7) is 3.84. The number of hydrogen-bond acceptors (Lipinski definition) is 4. The Labute approximate surface area is 163 Å². The van der Waals surface area contributed by atoms with Crippen molar-refractivity contribution in [2.24, 2.45) is 0 Å². The van der Waals surface area contributed by atoms with Crippen molar-refractivity contribution >= 4 is 17.5 Å². The zero-order valence-electron chi connectivity index (χ0n) is 16.0. The summed E-state index contributed by atoms with van der Waals surface area (Å²) in [7, 11) is 1.61. The van der Waals surface area contributed by atoms with Crippen LogP contribution >= 0.6 is 0 Å². The Hall–Kier alpha value is -3.41. The lowest BCUT2D eigenvalue weighted by molar-refractivity contribution is -0.116. The van der Waals surface area contributed by atoms with Crippen molar-refractivity contribution in [2.75, 3.05) is 12.4 Å². The maximum atomic E-state index is 13.2. The van der Waals surface area contributed by atoms with Crippen molar-refractivity contribution < 1.29 is 14.3 Å². The van der Waals surface area contributed by atoms with E-state index in [-0.39, 0.29) is 18.1 Å². The number of benzene rings is 2. The number of anilines is 1. The second-order valence-electron chi connectivity index (χ2n) is 6.99. The maximum absolute atomic E-state index is 13.2. The van der Waals surface area contributed by atoms with Crippen molar-refractivity contribution in [1.29, 1.82) is 0 Å². The number of nitrogens with zero attached hydrogens (tertiary/aromatic N) is 2. The van der Waals surface area contributed by atoms with Crippen LogP contribution in [0.4, 0.5) is 5.82 Å². The Morgan fingerprint density at radius 3 is 2.43 bits per heavy atom. The molecule has 0 aliphatic carbocycles. The lowest BCUT2D eigenvalue weighted by atomic mass is 9.85. The van der Waals surface area contributed by atoms with Gasteiger partial charge in [-0.1, -0.05) is 29.8 Å². The molecule has 1 N–H and O–H groups in total. The second-order valence-corrected chi connectivity index (χ2v) is 6.99. The highest BCUT2D eigenvalue weighted by Crippen LogP contribution is 2.38. The van der Waals surface area contributed by atoms with Crippen LogP contribution in [-0.2, 0) is 4.79 Å². The summed E-state index contributed by atoms with van der Waals surface area (Å²) in [5.74, 6) is 0.502. The quantitative estimate of drug-likeness (QED) is 0.704. The number of ketones is 1. The van der Waals surface area contributed by atoms with Gasteiger partial charge >= 0.3 is 0 Å². The van der Waals surface area contributed by atoms with Gasteiger partial charge < -0.3 is 10.1 Å². The van der Waals surface area contributed by atoms with E-state index in [1.165, 1.54) is 0 Å². The number of hydrogen-bond donors (Lipinski definition) is 1. The van der Waals surface area contributed by atoms with E-state index >= 15 is 0 Å². The van der Waals surface area contributed by atoms with Gasteiger partial charge in [-0.25, -0.2) is 4.68 Å². The monoisotopic (exact) mass is 375 g/mol. The van der Waals surface area contributed by atoms with Gasteiger partial charge in [-0.15, -0.1) is 0 Å². The van der Waals surface area contributed by atoms with Gasteiger partial charge in [-0.05, 0) is 38.1 Å². The normalized spacial score (nSPS) is 15.7. The molecule has 6 heteroatoms. The van der Waals surface area contributed by atoms with Crippen molar-refractivity contribution in [3.63, 3.8) is 0 Å². The molecule has 0 fully saturated rings. The SMILES string of the molecule is COc1ccc(-n2nc(C)c3c2NC(=O)CC3C(=O)c2ccc(C)cc2)cc1. The van der Waals surface area contributed by atoms with Crippen LogP contribution in [-0.4, -0.2) is 28.6 Å². The number of Topliss-reactive ketones (excluding diaryl/α,β-unsaturated/α-hetero) is 1. The van der Waals surface area contributed by atoms with Crippen LogP contribution in [0.2, 0.25) is 0 Å². The number of aryl methyl sites for hydroxylation is 2. The molecule has 142 valence electrons. The van der Waals surface area contributed by atoms with E-state index in [9.17, 15) is 9.59 Å². The molecule has 1 unspecified atom stereocenters. The van der Waals surface area contributed by atoms with E-state index in [1.807, 2.05) is 62.4 Å².